The van der Waals surface area contributed by atoms with Crippen molar-refractivity contribution >= 4 is 27.3 Å². The standard InChI is InChI=1S/C19H22N4O5S/c1-20-11-13-21(14-12-20)19(24)15-22(16-7-3-2-4-8-16)29(27,28)18-10-6-5-9-17(18)23(25)26/h2-10H,11-15H2,1H3. The van der Waals surface area contributed by atoms with E-state index in [2.05, 4.69) is 4.90 Å². The fourth-order valence-electron chi connectivity index (χ4n) is 3.13. The largest absolute Gasteiger partial charge is 0.339 e. The maximum Gasteiger partial charge on any atom is 0.289 e. The maximum atomic E-state index is 13.4. The molecular formula is C19H22N4O5S. The second-order valence-corrected chi connectivity index (χ2v) is 8.59. The van der Waals surface area contributed by atoms with Crippen LogP contribution in [0.3, 0.4) is 0 Å². The normalized spacial score (nSPS) is 15.1. The van der Waals surface area contributed by atoms with Gasteiger partial charge in [-0.25, -0.2) is 8.42 Å². The number of carbonyl (C=O) groups excluding carboxylic acids is 1. The first-order valence-corrected chi connectivity index (χ1v) is 10.5. The summed E-state index contributed by atoms with van der Waals surface area (Å²) in [5, 5.41) is 11.4. The van der Waals surface area contributed by atoms with Crippen LogP contribution in [0.1, 0.15) is 0 Å². The van der Waals surface area contributed by atoms with E-state index >= 15 is 0 Å². The lowest BCUT2D eigenvalue weighted by atomic mass is 10.3. The van der Waals surface area contributed by atoms with Crippen LogP contribution in [0, 0.1) is 10.1 Å². The lowest BCUT2D eigenvalue weighted by molar-refractivity contribution is -0.387. The second kappa shape index (κ2) is 8.58. The van der Waals surface area contributed by atoms with Gasteiger partial charge in [0.15, 0.2) is 4.90 Å². The third-order valence-electron chi connectivity index (χ3n) is 4.81. The topological polar surface area (TPSA) is 104 Å². The molecule has 2 aromatic carbocycles. The fourth-order valence-corrected chi connectivity index (χ4v) is 4.71. The number of sulfonamides is 1. The molecule has 0 unspecified atom stereocenters. The van der Waals surface area contributed by atoms with Crippen LogP contribution in [0.4, 0.5) is 11.4 Å². The van der Waals surface area contributed by atoms with E-state index in [1.54, 1.807) is 35.2 Å². The number of para-hydroxylation sites is 2. The van der Waals surface area contributed by atoms with Gasteiger partial charge in [0.25, 0.3) is 15.7 Å². The molecule has 0 atom stereocenters. The average molecular weight is 418 g/mol. The molecule has 0 N–H and O–H groups in total. The Labute approximate surface area is 169 Å². The van der Waals surface area contributed by atoms with Gasteiger partial charge in [-0.2, -0.15) is 0 Å². The van der Waals surface area contributed by atoms with E-state index < -0.39 is 32.1 Å². The molecule has 10 heteroatoms. The van der Waals surface area contributed by atoms with Gasteiger partial charge in [-0.15, -0.1) is 0 Å². The summed E-state index contributed by atoms with van der Waals surface area (Å²) in [5.41, 5.74) is -0.256. The minimum atomic E-state index is -4.34. The van der Waals surface area contributed by atoms with Gasteiger partial charge in [-0.3, -0.25) is 19.2 Å². The highest BCUT2D eigenvalue weighted by molar-refractivity contribution is 7.93. The molecule has 1 aliphatic heterocycles. The third kappa shape index (κ3) is 4.54. The monoisotopic (exact) mass is 418 g/mol. The highest BCUT2D eigenvalue weighted by Crippen LogP contribution is 2.29. The minimum Gasteiger partial charge on any atom is -0.339 e. The molecular weight excluding hydrogens is 396 g/mol. The van der Waals surface area contributed by atoms with Crippen molar-refractivity contribution in [2.75, 3.05) is 44.1 Å². The molecule has 1 amide bonds. The quantitative estimate of drug-likeness (QED) is 0.521. The number of rotatable bonds is 6. The molecule has 0 aliphatic carbocycles. The summed E-state index contributed by atoms with van der Waals surface area (Å²) in [4.78, 5) is 26.7. The van der Waals surface area contributed by atoms with Gasteiger partial charge < -0.3 is 9.80 Å². The van der Waals surface area contributed by atoms with E-state index in [1.165, 1.54) is 18.2 Å². The SMILES string of the molecule is CN1CCN(C(=O)CN(c2ccccc2)S(=O)(=O)c2ccccc2[N+](=O)[O-])CC1. The number of amides is 1. The number of nitrogens with zero attached hydrogens (tertiary/aromatic N) is 4. The molecule has 0 saturated carbocycles. The summed E-state index contributed by atoms with van der Waals surface area (Å²) < 4.78 is 27.7. The Hall–Kier alpha value is -2.98. The van der Waals surface area contributed by atoms with Gasteiger partial charge in [0, 0.05) is 32.2 Å². The van der Waals surface area contributed by atoms with Crippen LogP contribution in [0.5, 0.6) is 0 Å². The van der Waals surface area contributed by atoms with Crippen LogP contribution >= 0.6 is 0 Å². The van der Waals surface area contributed by atoms with Crippen molar-refractivity contribution < 1.29 is 18.1 Å². The van der Waals surface area contributed by atoms with E-state index in [0.29, 0.717) is 26.2 Å². The smallest absolute Gasteiger partial charge is 0.289 e. The number of hydrogen-bond donors (Lipinski definition) is 0. The number of nitro groups is 1. The average Bonchev–Trinajstić information content (AvgIpc) is 2.72. The molecule has 1 heterocycles. The summed E-state index contributed by atoms with van der Waals surface area (Å²) in [5.74, 6) is -0.343. The Morgan fingerprint density at radius 2 is 1.62 bits per heavy atom. The van der Waals surface area contributed by atoms with Gasteiger partial charge in [-0.05, 0) is 25.2 Å². The number of nitro benzene ring substituents is 1. The van der Waals surface area contributed by atoms with Gasteiger partial charge in [0.1, 0.15) is 6.54 Å². The highest BCUT2D eigenvalue weighted by Gasteiger charge is 2.34. The van der Waals surface area contributed by atoms with Crippen LogP contribution in [-0.4, -0.2) is 68.8 Å². The number of hydrogen-bond acceptors (Lipinski definition) is 6. The molecule has 29 heavy (non-hydrogen) atoms. The van der Waals surface area contributed by atoms with E-state index in [4.69, 9.17) is 0 Å². The Bertz CT molecular complexity index is 989. The molecule has 3 rings (SSSR count). The first-order valence-electron chi connectivity index (χ1n) is 9.08. The second-order valence-electron chi connectivity index (χ2n) is 6.76. The summed E-state index contributed by atoms with van der Waals surface area (Å²) in [6.07, 6.45) is 0. The molecule has 2 aromatic rings. The van der Waals surface area contributed by atoms with Gasteiger partial charge >= 0.3 is 0 Å². The van der Waals surface area contributed by atoms with Crippen LogP contribution in [0.2, 0.25) is 0 Å². The molecule has 154 valence electrons. The first-order chi connectivity index (χ1) is 13.8. The van der Waals surface area contributed by atoms with Crippen molar-refractivity contribution in [1.82, 2.24) is 9.80 Å². The highest BCUT2D eigenvalue weighted by atomic mass is 32.2. The minimum absolute atomic E-state index is 0.271. The van der Waals surface area contributed by atoms with Crippen molar-refractivity contribution in [1.29, 1.82) is 0 Å². The molecule has 1 fully saturated rings. The van der Waals surface area contributed by atoms with Crippen molar-refractivity contribution in [3.63, 3.8) is 0 Å². The van der Waals surface area contributed by atoms with Gasteiger partial charge in [-0.1, -0.05) is 30.3 Å². The maximum absolute atomic E-state index is 13.4. The van der Waals surface area contributed by atoms with E-state index in [0.717, 1.165) is 10.4 Å². The number of carbonyl (C=O) groups is 1. The Morgan fingerprint density at radius 1 is 1.03 bits per heavy atom. The zero-order valence-electron chi connectivity index (χ0n) is 16.0. The number of benzene rings is 2. The Morgan fingerprint density at radius 3 is 2.24 bits per heavy atom. The van der Waals surface area contributed by atoms with Crippen LogP contribution in [-0.2, 0) is 14.8 Å². The van der Waals surface area contributed by atoms with Crippen molar-refractivity contribution in [3.8, 4) is 0 Å². The molecule has 1 saturated heterocycles. The molecule has 9 nitrogen and oxygen atoms in total. The lowest BCUT2D eigenvalue weighted by Gasteiger charge is -2.34. The van der Waals surface area contributed by atoms with Gasteiger partial charge in [0.2, 0.25) is 5.91 Å². The number of anilines is 1. The van der Waals surface area contributed by atoms with Crippen molar-refractivity contribution in [2.45, 2.75) is 4.90 Å². The Kier molecular flexibility index (Phi) is 6.14. The van der Waals surface area contributed by atoms with Crippen molar-refractivity contribution in [3.05, 3.63) is 64.7 Å². The van der Waals surface area contributed by atoms with Crippen LogP contribution < -0.4 is 4.31 Å². The molecule has 0 spiro atoms. The lowest BCUT2D eigenvalue weighted by Crippen LogP contribution is -2.50. The summed E-state index contributed by atoms with van der Waals surface area (Å²) in [7, 11) is -2.39. The predicted molar refractivity (Wildman–Crippen MR) is 108 cm³/mol. The zero-order valence-corrected chi connectivity index (χ0v) is 16.8. The van der Waals surface area contributed by atoms with Crippen molar-refractivity contribution in [2.24, 2.45) is 0 Å². The number of likely N-dealkylation sites (N-methyl/N-ethyl adjacent to an activating group) is 1. The van der Waals surface area contributed by atoms with E-state index in [9.17, 15) is 23.3 Å². The molecule has 0 aromatic heterocycles. The van der Waals surface area contributed by atoms with Crippen LogP contribution in [0.25, 0.3) is 0 Å². The summed E-state index contributed by atoms with van der Waals surface area (Å²) in [6.45, 7) is 1.98. The summed E-state index contributed by atoms with van der Waals surface area (Å²) in [6, 6.07) is 13.3. The third-order valence-corrected chi connectivity index (χ3v) is 6.63. The molecule has 1 aliphatic rings. The first kappa shape index (κ1) is 20.7. The Balaban J connectivity index is 1.98. The van der Waals surface area contributed by atoms with Crippen LogP contribution in [0.15, 0.2) is 59.5 Å². The molecule has 0 radical (unpaired) electrons. The van der Waals surface area contributed by atoms with E-state index in [-0.39, 0.29) is 11.6 Å². The summed E-state index contributed by atoms with van der Waals surface area (Å²) >= 11 is 0. The predicted octanol–water partition coefficient (Wildman–Crippen LogP) is 1.56. The van der Waals surface area contributed by atoms with E-state index in [1.807, 2.05) is 7.05 Å². The fraction of sp³-hybridized carbons (Fsp3) is 0.316. The van der Waals surface area contributed by atoms with Gasteiger partial charge in [0.05, 0.1) is 10.6 Å². The number of piperazine rings is 1. The zero-order chi connectivity index (χ0) is 21.0. The molecule has 0 bridgehead atoms.